The number of aromatic nitrogens is 1. The third-order valence-corrected chi connectivity index (χ3v) is 5.60. The summed E-state index contributed by atoms with van der Waals surface area (Å²) < 4.78 is 22.7. The summed E-state index contributed by atoms with van der Waals surface area (Å²) in [6.45, 7) is 3.85. The molecule has 3 N–H and O–H groups in total. The van der Waals surface area contributed by atoms with Crippen molar-refractivity contribution in [1.82, 2.24) is 9.88 Å². The minimum Gasteiger partial charge on any atom is -0.497 e. The lowest BCUT2D eigenvalue weighted by Gasteiger charge is -2.25. The molecule has 0 unspecified atom stereocenters. The van der Waals surface area contributed by atoms with Gasteiger partial charge in [-0.1, -0.05) is 16.8 Å². The van der Waals surface area contributed by atoms with Crippen molar-refractivity contribution in [3.8, 4) is 23.0 Å². The number of methoxy groups -OCH3 is 1. The van der Waals surface area contributed by atoms with Crippen LogP contribution < -0.4 is 15.2 Å². The Morgan fingerprint density at radius 1 is 1.18 bits per heavy atom. The molecule has 33 heavy (non-hydrogen) atoms. The van der Waals surface area contributed by atoms with Gasteiger partial charge in [0.15, 0.2) is 11.6 Å². The van der Waals surface area contributed by atoms with Crippen molar-refractivity contribution in [1.29, 1.82) is 0 Å². The van der Waals surface area contributed by atoms with Crippen molar-refractivity contribution >= 4 is 17.4 Å². The van der Waals surface area contributed by atoms with Crippen LogP contribution in [0.3, 0.4) is 0 Å². The van der Waals surface area contributed by atoms with Gasteiger partial charge >= 0.3 is 0 Å². The standard InChI is InChI=1S/C23H25ClN4O5/c1-30-16-4-2-15(3-5-16)23-26-20(13-28-8-10-31-11-9-28)21(33-23)14-32-17-6-7-18(19(24)12-17)22(25)27-29/h2-7,12,29H,8-11,13-14H2,1H3,(H2,25,27). The molecule has 1 fully saturated rings. The van der Waals surface area contributed by atoms with Gasteiger partial charge in [-0.25, -0.2) is 4.98 Å². The Morgan fingerprint density at radius 3 is 2.58 bits per heavy atom. The van der Waals surface area contributed by atoms with Gasteiger partial charge in [-0.3, -0.25) is 4.90 Å². The summed E-state index contributed by atoms with van der Waals surface area (Å²) in [6, 6.07) is 12.5. The third-order valence-electron chi connectivity index (χ3n) is 5.29. The normalized spacial score (nSPS) is 14.9. The molecule has 1 saturated heterocycles. The van der Waals surface area contributed by atoms with Crippen LogP contribution in [0.5, 0.6) is 11.5 Å². The van der Waals surface area contributed by atoms with Crippen LogP contribution in [0.2, 0.25) is 5.02 Å². The predicted octanol–water partition coefficient (Wildman–Crippen LogP) is 3.51. The summed E-state index contributed by atoms with van der Waals surface area (Å²) >= 11 is 6.24. The molecule has 0 atom stereocenters. The van der Waals surface area contributed by atoms with E-state index in [0.717, 1.165) is 30.1 Å². The molecule has 10 heteroatoms. The van der Waals surface area contributed by atoms with Crippen LogP contribution in [-0.2, 0) is 17.9 Å². The van der Waals surface area contributed by atoms with E-state index in [4.69, 9.17) is 46.2 Å². The Labute approximate surface area is 196 Å². The summed E-state index contributed by atoms with van der Waals surface area (Å²) in [5.41, 5.74) is 7.69. The molecule has 0 spiro atoms. The number of hydrogen-bond donors (Lipinski definition) is 2. The zero-order valence-corrected chi connectivity index (χ0v) is 18.9. The first-order valence-corrected chi connectivity index (χ1v) is 10.8. The number of amidine groups is 1. The topological polar surface area (TPSA) is 116 Å². The number of morpholine rings is 1. The van der Waals surface area contributed by atoms with E-state index >= 15 is 0 Å². The highest BCUT2D eigenvalue weighted by Crippen LogP contribution is 2.28. The fourth-order valence-electron chi connectivity index (χ4n) is 3.44. The summed E-state index contributed by atoms with van der Waals surface area (Å²) in [6.07, 6.45) is 0. The lowest BCUT2D eigenvalue weighted by atomic mass is 10.2. The fraction of sp³-hybridized carbons (Fsp3) is 0.304. The van der Waals surface area contributed by atoms with Crippen LogP contribution in [0.25, 0.3) is 11.5 Å². The van der Waals surface area contributed by atoms with Gasteiger partial charge in [0.05, 0.1) is 25.3 Å². The van der Waals surface area contributed by atoms with Crippen LogP contribution in [0.1, 0.15) is 17.0 Å². The first-order chi connectivity index (χ1) is 16.1. The second-order valence-corrected chi connectivity index (χ2v) is 7.83. The van der Waals surface area contributed by atoms with Gasteiger partial charge in [-0.05, 0) is 42.5 Å². The number of nitrogens with two attached hydrogens (primary N) is 1. The Balaban J connectivity index is 1.55. The molecular formula is C23H25ClN4O5. The zero-order valence-electron chi connectivity index (χ0n) is 18.2. The van der Waals surface area contributed by atoms with Crippen LogP contribution in [0.15, 0.2) is 52.0 Å². The van der Waals surface area contributed by atoms with Gasteiger partial charge in [0.1, 0.15) is 23.8 Å². The minimum absolute atomic E-state index is 0.0706. The molecule has 0 bridgehead atoms. The van der Waals surface area contributed by atoms with E-state index in [1.165, 1.54) is 0 Å². The highest BCUT2D eigenvalue weighted by atomic mass is 35.5. The predicted molar refractivity (Wildman–Crippen MR) is 123 cm³/mol. The monoisotopic (exact) mass is 472 g/mol. The number of rotatable bonds is 8. The van der Waals surface area contributed by atoms with E-state index in [1.807, 2.05) is 24.3 Å². The third kappa shape index (κ3) is 5.57. The van der Waals surface area contributed by atoms with E-state index in [9.17, 15) is 0 Å². The largest absolute Gasteiger partial charge is 0.497 e. The Hall–Kier alpha value is -3.27. The highest BCUT2D eigenvalue weighted by Gasteiger charge is 2.20. The molecule has 0 radical (unpaired) electrons. The molecule has 174 valence electrons. The van der Waals surface area contributed by atoms with Crippen LogP contribution in [0, 0.1) is 0 Å². The van der Waals surface area contributed by atoms with Gasteiger partial charge < -0.3 is 29.6 Å². The molecular weight excluding hydrogens is 448 g/mol. The number of hydrogen-bond acceptors (Lipinski definition) is 8. The molecule has 0 saturated carbocycles. The molecule has 9 nitrogen and oxygen atoms in total. The van der Waals surface area contributed by atoms with Gasteiger partial charge in [0, 0.05) is 30.8 Å². The summed E-state index contributed by atoms with van der Waals surface area (Å²) in [5, 5.41) is 12.1. The van der Waals surface area contributed by atoms with Crippen molar-refractivity contribution in [2.75, 3.05) is 33.4 Å². The first kappa shape index (κ1) is 22.9. The van der Waals surface area contributed by atoms with E-state index in [2.05, 4.69) is 10.1 Å². The minimum atomic E-state index is -0.0706. The molecule has 0 aliphatic carbocycles. The lowest BCUT2D eigenvalue weighted by molar-refractivity contribution is 0.0333. The zero-order chi connectivity index (χ0) is 23.2. The van der Waals surface area contributed by atoms with Crippen molar-refractivity contribution in [2.45, 2.75) is 13.2 Å². The Bertz CT molecular complexity index is 1110. The summed E-state index contributed by atoms with van der Waals surface area (Å²) in [5.74, 6) is 2.35. The number of halogens is 1. The molecule has 2 heterocycles. The maximum atomic E-state index is 8.86. The Kier molecular flexibility index (Phi) is 7.33. The summed E-state index contributed by atoms with van der Waals surface area (Å²) in [4.78, 5) is 7.02. The molecule has 2 aromatic carbocycles. The lowest BCUT2D eigenvalue weighted by Crippen LogP contribution is -2.36. The maximum absolute atomic E-state index is 8.86. The van der Waals surface area contributed by atoms with Gasteiger partial charge in [0.25, 0.3) is 0 Å². The van der Waals surface area contributed by atoms with E-state index < -0.39 is 0 Å². The SMILES string of the molecule is COc1ccc(-c2nc(CN3CCOCC3)c(COc3ccc(/C(N)=N/O)c(Cl)c3)o2)cc1. The van der Waals surface area contributed by atoms with Crippen molar-refractivity contribution in [2.24, 2.45) is 10.9 Å². The second kappa shape index (κ2) is 10.6. The van der Waals surface area contributed by atoms with Crippen molar-refractivity contribution in [3.63, 3.8) is 0 Å². The van der Waals surface area contributed by atoms with Crippen molar-refractivity contribution in [3.05, 3.63) is 64.5 Å². The number of oxime groups is 1. The molecule has 1 aliphatic rings. The average molecular weight is 473 g/mol. The second-order valence-electron chi connectivity index (χ2n) is 7.42. The first-order valence-electron chi connectivity index (χ1n) is 10.4. The smallest absolute Gasteiger partial charge is 0.226 e. The molecule has 3 aromatic rings. The molecule has 4 rings (SSSR count). The number of nitrogens with zero attached hydrogens (tertiary/aromatic N) is 3. The van der Waals surface area contributed by atoms with Gasteiger partial charge in [-0.15, -0.1) is 0 Å². The molecule has 1 aliphatic heterocycles. The molecule has 1 aromatic heterocycles. The van der Waals surface area contributed by atoms with E-state index in [-0.39, 0.29) is 12.4 Å². The number of oxazole rings is 1. The van der Waals surface area contributed by atoms with Crippen LogP contribution in [0.4, 0.5) is 0 Å². The number of benzene rings is 2. The average Bonchev–Trinajstić information content (AvgIpc) is 3.25. The quantitative estimate of drug-likeness (QED) is 0.221. The van der Waals surface area contributed by atoms with Crippen LogP contribution in [-0.4, -0.2) is 54.3 Å². The maximum Gasteiger partial charge on any atom is 0.226 e. The number of ether oxygens (including phenoxy) is 3. The van der Waals surface area contributed by atoms with Gasteiger partial charge in [-0.2, -0.15) is 0 Å². The van der Waals surface area contributed by atoms with E-state index in [0.29, 0.717) is 47.7 Å². The Morgan fingerprint density at radius 2 is 1.91 bits per heavy atom. The van der Waals surface area contributed by atoms with Crippen molar-refractivity contribution < 1.29 is 23.8 Å². The fourth-order valence-corrected chi connectivity index (χ4v) is 3.71. The highest BCUT2D eigenvalue weighted by molar-refractivity contribution is 6.34. The van der Waals surface area contributed by atoms with Gasteiger partial charge in [0.2, 0.25) is 5.89 Å². The van der Waals surface area contributed by atoms with E-state index in [1.54, 1.807) is 25.3 Å². The summed E-state index contributed by atoms with van der Waals surface area (Å²) in [7, 11) is 1.62. The molecule has 0 amide bonds. The van der Waals surface area contributed by atoms with Crippen LogP contribution >= 0.6 is 11.6 Å².